The standard InChI is InChI=1S/C15H23N5S/c1-3-10-4-6-11(7-5-10)17-13-12-8-9(2)21-14(12)19-15(18-13)20-16/h8,10-11H,3-7,16H2,1-2H3,(H2,17,18,19,20). The topological polar surface area (TPSA) is 75.9 Å². The van der Waals surface area contributed by atoms with Crippen LogP contribution in [0.15, 0.2) is 6.07 Å². The van der Waals surface area contributed by atoms with Crippen LogP contribution >= 0.6 is 11.3 Å². The Morgan fingerprint density at radius 3 is 2.71 bits per heavy atom. The third-order valence-corrected chi connectivity index (χ3v) is 5.35. The van der Waals surface area contributed by atoms with Crippen molar-refractivity contribution < 1.29 is 0 Å². The Labute approximate surface area is 129 Å². The molecule has 0 saturated heterocycles. The van der Waals surface area contributed by atoms with Gasteiger partial charge in [-0.1, -0.05) is 13.3 Å². The van der Waals surface area contributed by atoms with E-state index in [4.69, 9.17) is 5.84 Å². The summed E-state index contributed by atoms with van der Waals surface area (Å²) in [5, 5.41) is 4.72. The summed E-state index contributed by atoms with van der Waals surface area (Å²) in [6.07, 6.45) is 6.37. The lowest BCUT2D eigenvalue weighted by atomic mass is 9.84. The van der Waals surface area contributed by atoms with Crippen molar-refractivity contribution in [2.45, 2.75) is 52.0 Å². The van der Waals surface area contributed by atoms with Crippen LogP contribution in [0.3, 0.4) is 0 Å². The summed E-state index contributed by atoms with van der Waals surface area (Å²) >= 11 is 1.68. The van der Waals surface area contributed by atoms with Crippen molar-refractivity contribution >= 4 is 33.3 Å². The van der Waals surface area contributed by atoms with Crippen LogP contribution in [0.2, 0.25) is 0 Å². The van der Waals surface area contributed by atoms with Gasteiger partial charge in [-0.05, 0) is 44.6 Å². The second-order valence-corrected chi connectivity index (χ2v) is 7.12. The quantitative estimate of drug-likeness (QED) is 0.593. The fraction of sp³-hybridized carbons (Fsp3) is 0.600. The molecule has 0 aliphatic heterocycles. The molecular weight excluding hydrogens is 282 g/mol. The van der Waals surface area contributed by atoms with Gasteiger partial charge < -0.3 is 5.32 Å². The number of nitrogens with two attached hydrogens (primary N) is 1. The van der Waals surface area contributed by atoms with Gasteiger partial charge in [0.15, 0.2) is 0 Å². The van der Waals surface area contributed by atoms with Gasteiger partial charge in [0.2, 0.25) is 5.95 Å². The van der Waals surface area contributed by atoms with Gasteiger partial charge >= 0.3 is 0 Å². The van der Waals surface area contributed by atoms with Gasteiger partial charge in [-0.15, -0.1) is 11.3 Å². The Kier molecular flexibility index (Phi) is 4.26. The van der Waals surface area contributed by atoms with Crippen LogP contribution < -0.4 is 16.6 Å². The zero-order valence-electron chi connectivity index (χ0n) is 12.6. The minimum atomic E-state index is 0.481. The van der Waals surface area contributed by atoms with Crippen LogP contribution in [0.25, 0.3) is 10.2 Å². The summed E-state index contributed by atoms with van der Waals surface area (Å²) < 4.78 is 0. The highest BCUT2D eigenvalue weighted by Crippen LogP contribution is 2.33. The SMILES string of the molecule is CCC1CCC(Nc2nc(NN)nc3sc(C)cc23)CC1. The minimum Gasteiger partial charge on any atom is -0.367 e. The highest BCUT2D eigenvalue weighted by molar-refractivity contribution is 7.18. The Morgan fingerprint density at radius 1 is 1.29 bits per heavy atom. The fourth-order valence-corrected chi connectivity index (χ4v) is 4.00. The van der Waals surface area contributed by atoms with Crippen LogP contribution in [-0.2, 0) is 0 Å². The number of nitrogens with zero attached hydrogens (tertiary/aromatic N) is 2. The Morgan fingerprint density at radius 2 is 2.05 bits per heavy atom. The first-order valence-electron chi connectivity index (χ1n) is 7.71. The number of hydrogen-bond acceptors (Lipinski definition) is 6. The third kappa shape index (κ3) is 3.11. The highest BCUT2D eigenvalue weighted by atomic mass is 32.1. The van der Waals surface area contributed by atoms with Gasteiger partial charge in [0.05, 0.1) is 5.39 Å². The van der Waals surface area contributed by atoms with E-state index in [0.29, 0.717) is 12.0 Å². The summed E-state index contributed by atoms with van der Waals surface area (Å²) in [7, 11) is 0. The number of thiophene rings is 1. The number of nitrogens with one attached hydrogen (secondary N) is 2. The maximum absolute atomic E-state index is 5.49. The molecule has 1 fully saturated rings. The molecule has 0 bridgehead atoms. The third-order valence-electron chi connectivity index (χ3n) is 4.41. The molecule has 6 heteroatoms. The van der Waals surface area contributed by atoms with E-state index in [1.807, 2.05) is 0 Å². The van der Waals surface area contributed by atoms with E-state index in [1.54, 1.807) is 11.3 Å². The van der Waals surface area contributed by atoms with Crippen LogP contribution in [-0.4, -0.2) is 16.0 Å². The van der Waals surface area contributed by atoms with Crippen molar-refractivity contribution in [3.63, 3.8) is 0 Å². The van der Waals surface area contributed by atoms with Gasteiger partial charge in [-0.3, -0.25) is 5.43 Å². The lowest BCUT2D eigenvalue weighted by molar-refractivity contribution is 0.330. The molecule has 2 heterocycles. The number of fused-ring (bicyclic) bond motifs is 1. The molecule has 1 aliphatic carbocycles. The molecule has 1 saturated carbocycles. The maximum Gasteiger partial charge on any atom is 0.240 e. The summed E-state index contributed by atoms with van der Waals surface area (Å²) in [6, 6.07) is 2.66. The van der Waals surface area contributed by atoms with E-state index in [1.165, 1.54) is 37.0 Å². The van der Waals surface area contributed by atoms with Crippen molar-refractivity contribution in [2.24, 2.45) is 11.8 Å². The lowest BCUT2D eigenvalue weighted by Gasteiger charge is -2.29. The number of hydrogen-bond donors (Lipinski definition) is 3. The summed E-state index contributed by atoms with van der Waals surface area (Å²) in [4.78, 5) is 11.2. The molecule has 2 aromatic heterocycles. The molecule has 3 rings (SSSR count). The zero-order valence-corrected chi connectivity index (χ0v) is 13.5. The minimum absolute atomic E-state index is 0.481. The molecule has 114 valence electrons. The average molecular weight is 305 g/mol. The van der Waals surface area contributed by atoms with Gasteiger partial charge in [0, 0.05) is 10.9 Å². The molecule has 0 aromatic carbocycles. The summed E-state index contributed by atoms with van der Waals surface area (Å²) in [6.45, 7) is 4.39. The molecule has 4 N–H and O–H groups in total. The van der Waals surface area contributed by atoms with E-state index in [0.717, 1.165) is 22.0 Å². The largest absolute Gasteiger partial charge is 0.367 e. The summed E-state index contributed by atoms with van der Waals surface area (Å²) in [5.41, 5.74) is 2.57. The second kappa shape index (κ2) is 6.15. The molecule has 0 atom stereocenters. The first-order valence-corrected chi connectivity index (χ1v) is 8.52. The van der Waals surface area contributed by atoms with Crippen LogP contribution in [0.5, 0.6) is 0 Å². The smallest absolute Gasteiger partial charge is 0.240 e. The first-order chi connectivity index (χ1) is 10.2. The lowest BCUT2D eigenvalue weighted by Crippen LogP contribution is -2.26. The number of rotatable bonds is 4. The molecule has 0 spiro atoms. The monoisotopic (exact) mass is 305 g/mol. The van der Waals surface area contributed by atoms with E-state index in [-0.39, 0.29) is 0 Å². The number of hydrazine groups is 1. The molecule has 1 aliphatic rings. The number of aromatic nitrogens is 2. The first kappa shape index (κ1) is 14.5. The van der Waals surface area contributed by atoms with Crippen LogP contribution in [0.1, 0.15) is 43.9 Å². The van der Waals surface area contributed by atoms with Crippen molar-refractivity contribution in [1.82, 2.24) is 9.97 Å². The fourth-order valence-electron chi connectivity index (χ4n) is 3.12. The van der Waals surface area contributed by atoms with Crippen LogP contribution in [0, 0.1) is 12.8 Å². The van der Waals surface area contributed by atoms with E-state index < -0.39 is 0 Å². The molecule has 5 nitrogen and oxygen atoms in total. The average Bonchev–Trinajstić information content (AvgIpc) is 2.88. The molecule has 0 radical (unpaired) electrons. The second-order valence-electron chi connectivity index (χ2n) is 5.89. The van der Waals surface area contributed by atoms with Crippen molar-refractivity contribution in [3.8, 4) is 0 Å². The van der Waals surface area contributed by atoms with Gasteiger partial charge in [-0.2, -0.15) is 4.98 Å². The van der Waals surface area contributed by atoms with E-state index in [9.17, 15) is 0 Å². The molecule has 2 aromatic rings. The molecule has 0 amide bonds. The van der Waals surface area contributed by atoms with Crippen molar-refractivity contribution in [1.29, 1.82) is 0 Å². The molecule has 0 unspecified atom stereocenters. The predicted molar refractivity (Wildman–Crippen MR) is 89.6 cm³/mol. The van der Waals surface area contributed by atoms with E-state index >= 15 is 0 Å². The van der Waals surface area contributed by atoms with Crippen molar-refractivity contribution in [2.75, 3.05) is 10.7 Å². The normalized spacial score (nSPS) is 22.4. The molecule has 21 heavy (non-hydrogen) atoms. The van der Waals surface area contributed by atoms with Gasteiger partial charge in [-0.25, -0.2) is 10.8 Å². The summed E-state index contributed by atoms with van der Waals surface area (Å²) in [5.74, 6) is 7.78. The zero-order chi connectivity index (χ0) is 14.8. The van der Waals surface area contributed by atoms with Crippen molar-refractivity contribution in [3.05, 3.63) is 10.9 Å². The van der Waals surface area contributed by atoms with Gasteiger partial charge in [0.1, 0.15) is 10.6 Å². The van der Waals surface area contributed by atoms with E-state index in [2.05, 4.69) is 40.6 Å². The number of anilines is 2. The Hall–Kier alpha value is -1.40. The predicted octanol–water partition coefficient (Wildman–Crippen LogP) is 3.67. The van der Waals surface area contributed by atoms with Gasteiger partial charge in [0.25, 0.3) is 0 Å². The Bertz CT molecular complexity index is 616. The maximum atomic E-state index is 5.49. The van der Waals surface area contributed by atoms with Crippen LogP contribution in [0.4, 0.5) is 11.8 Å². The highest BCUT2D eigenvalue weighted by Gasteiger charge is 2.21. The Balaban J connectivity index is 1.82. The number of nitrogen functional groups attached to an aromatic ring is 1. The molecular formula is C15H23N5S. The number of aryl methyl sites for hydroxylation is 1.